The Balaban J connectivity index is 1.78. The number of nitrogens with one attached hydrogen (secondary N) is 2. The van der Waals surface area contributed by atoms with Gasteiger partial charge in [-0.05, 0) is 37.8 Å². The van der Waals surface area contributed by atoms with E-state index >= 15 is 0 Å². The lowest BCUT2D eigenvalue weighted by molar-refractivity contribution is -0.121. The molecular formula is C18H24N2O. The third kappa shape index (κ3) is 2.69. The number of aromatic amines is 1. The van der Waals surface area contributed by atoms with Crippen LogP contribution < -0.4 is 5.32 Å². The number of aromatic nitrogens is 1. The van der Waals surface area contributed by atoms with Crippen LogP contribution in [0, 0.1) is 6.92 Å². The van der Waals surface area contributed by atoms with Gasteiger partial charge in [-0.3, -0.25) is 4.79 Å². The zero-order valence-electron chi connectivity index (χ0n) is 13.0. The lowest BCUT2D eigenvalue weighted by Crippen LogP contribution is -2.32. The molecule has 1 aliphatic carbocycles. The average Bonchev–Trinajstić information content (AvgIpc) is 3.18. The van der Waals surface area contributed by atoms with Crippen LogP contribution in [0.2, 0.25) is 0 Å². The average molecular weight is 284 g/mol. The number of H-pyrrole nitrogens is 1. The van der Waals surface area contributed by atoms with E-state index in [2.05, 4.69) is 48.4 Å². The van der Waals surface area contributed by atoms with E-state index in [1.54, 1.807) is 0 Å². The molecule has 0 unspecified atom stereocenters. The fraction of sp³-hybridized carbons (Fsp3) is 0.500. The fourth-order valence-electron chi connectivity index (χ4n) is 3.32. The highest BCUT2D eigenvalue weighted by Crippen LogP contribution is 2.51. The highest BCUT2D eigenvalue weighted by Gasteiger charge is 2.46. The standard InChI is InChI=1S/C18H24N2O/c1-3-4-9-16(21)19-12-18(10-11-18)17-13(2)20-15-8-6-5-7-14(15)17/h5-8,20H,3-4,9-12H2,1-2H3,(H,19,21). The zero-order valence-corrected chi connectivity index (χ0v) is 13.0. The summed E-state index contributed by atoms with van der Waals surface area (Å²) < 4.78 is 0. The summed E-state index contributed by atoms with van der Waals surface area (Å²) in [4.78, 5) is 15.4. The number of fused-ring (bicyclic) bond motifs is 1. The van der Waals surface area contributed by atoms with Crippen LogP contribution in [0.1, 0.15) is 50.3 Å². The summed E-state index contributed by atoms with van der Waals surface area (Å²) in [6.45, 7) is 5.04. The topological polar surface area (TPSA) is 44.9 Å². The molecule has 0 radical (unpaired) electrons. The van der Waals surface area contributed by atoms with Crippen molar-refractivity contribution in [1.29, 1.82) is 0 Å². The Morgan fingerprint density at radius 3 is 2.81 bits per heavy atom. The number of hydrogen-bond donors (Lipinski definition) is 2. The summed E-state index contributed by atoms with van der Waals surface area (Å²) in [5.41, 5.74) is 4.02. The van der Waals surface area contributed by atoms with Gasteiger partial charge in [-0.25, -0.2) is 0 Å². The molecule has 0 spiro atoms. The lowest BCUT2D eigenvalue weighted by Gasteiger charge is -2.17. The van der Waals surface area contributed by atoms with Gasteiger partial charge >= 0.3 is 0 Å². The van der Waals surface area contributed by atoms with Crippen LogP contribution in [0.3, 0.4) is 0 Å². The molecule has 3 heteroatoms. The van der Waals surface area contributed by atoms with Crippen molar-refractivity contribution >= 4 is 16.8 Å². The Hall–Kier alpha value is -1.77. The maximum Gasteiger partial charge on any atom is 0.220 e. The molecule has 1 amide bonds. The maximum absolute atomic E-state index is 11.9. The summed E-state index contributed by atoms with van der Waals surface area (Å²) in [5.74, 6) is 0.195. The second-order valence-electron chi connectivity index (χ2n) is 6.33. The molecule has 1 heterocycles. The predicted octanol–water partition coefficient (Wildman–Crippen LogP) is 3.81. The molecule has 112 valence electrons. The number of benzene rings is 1. The molecule has 1 saturated carbocycles. The first-order valence-electron chi connectivity index (χ1n) is 8.01. The first-order chi connectivity index (χ1) is 10.2. The van der Waals surface area contributed by atoms with Crippen LogP contribution in [0.5, 0.6) is 0 Å². The molecule has 0 aliphatic heterocycles. The monoisotopic (exact) mass is 284 g/mol. The van der Waals surface area contributed by atoms with Gasteiger partial charge < -0.3 is 10.3 Å². The van der Waals surface area contributed by atoms with E-state index < -0.39 is 0 Å². The molecule has 0 saturated heterocycles. The molecule has 2 aromatic rings. The van der Waals surface area contributed by atoms with Gasteiger partial charge in [0.2, 0.25) is 5.91 Å². The van der Waals surface area contributed by atoms with E-state index in [1.807, 2.05) is 0 Å². The highest BCUT2D eigenvalue weighted by atomic mass is 16.1. The van der Waals surface area contributed by atoms with Crippen molar-refractivity contribution in [3.05, 3.63) is 35.5 Å². The number of rotatable bonds is 6. The normalized spacial score (nSPS) is 16.1. The molecule has 1 aromatic heterocycles. The molecular weight excluding hydrogens is 260 g/mol. The van der Waals surface area contributed by atoms with Gasteiger partial charge in [0, 0.05) is 35.0 Å². The summed E-state index contributed by atoms with van der Waals surface area (Å²) in [7, 11) is 0. The smallest absolute Gasteiger partial charge is 0.220 e. The molecule has 0 bridgehead atoms. The number of aryl methyl sites for hydroxylation is 1. The molecule has 1 fully saturated rings. The zero-order chi connectivity index (χ0) is 14.9. The second kappa shape index (κ2) is 5.55. The van der Waals surface area contributed by atoms with Gasteiger partial charge in [0.25, 0.3) is 0 Å². The number of unbranched alkanes of at least 4 members (excludes halogenated alkanes) is 1. The molecule has 1 aliphatic rings. The number of carbonyl (C=O) groups excluding carboxylic acids is 1. The largest absolute Gasteiger partial charge is 0.358 e. The second-order valence-corrected chi connectivity index (χ2v) is 6.33. The summed E-state index contributed by atoms with van der Waals surface area (Å²) in [5, 5.41) is 4.46. The number of amides is 1. The van der Waals surface area contributed by atoms with Crippen LogP contribution in [0.4, 0.5) is 0 Å². The van der Waals surface area contributed by atoms with Crippen LogP contribution in [-0.4, -0.2) is 17.4 Å². The Morgan fingerprint density at radius 1 is 1.33 bits per heavy atom. The van der Waals surface area contributed by atoms with Crippen LogP contribution in [-0.2, 0) is 10.2 Å². The first-order valence-corrected chi connectivity index (χ1v) is 8.01. The van der Waals surface area contributed by atoms with Crippen molar-refractivity contribution in [2.24, 2.45) is 0 Å². The van der Waals surface area contributed by atoms with Crippen LogP contribution >= 0.6 is 0 Å². The van der Waals surface area contributed by atoms with Gasteiger partial charge in [-0.15, -0.1) is 0 Å². The van der Waals surface area contributed by atoms with Crippen molar-refractivity contribution in [2.45, 2.75) is 51.4 Å². The Kier molecular flexibility index (Phi) is 3.75. The highest BCUT2D eigenvalue weighted by molar-refractivity contribution is 5.86. The van der Waals surface area contributed by atoms with E-state index in [4.69, 9.17) is 0 Å². The Bertz CT molecular complexity index is 652. The van der Waals surface area contributed by atoms with Crippen molar-refractivity contribution in [3.63, 3.8) is 0 Å². The van der Waals surface area contributed by atoms with Crippen molar-refractivity contribution in [3.8, 4) is 0 Å². The van der Waals surface area contributed by atoms with Crippen LogP contribution in [0.25, 0.3) is 10.9 Å². The molecule has 2 N–H and O–H groups in total. The Morgan fingerprint density at radius 2 is 2.10 bits per heavy atom. The third-order valence-corrected chi connectivity index (χ3v) is 4.66. The van der Waals surface area contributed by atoms with Gasteiger partial charge in [-0.2, -0.15) is 0 Å². The molecule has 3 nitrogen and oxygen atoms in total. The molecule has 21 heavy (non-hydrogen) atoms. The first kappa shape index (κ1) is 14.2. The van der Waals surface area contributed by atoms with Gasteiger partial charge in [0.05, 0.1) is 0 Å². The minimum atomic E-state index is 0.158. The third-order valence-electron chi connectivity index (χ3n) is 4.66. The van der Waals surface area contributed by atoms with Crippen molar-refractivity contribution in [1.82, 2.24) is 10.3 Å². The number of carbonyl (C=O) groups is 1. The summed E-state index contributed by atoms with van der Waals surface area (Å²) >= 11 is 0. The van der Waals surface area contributed by atoms with E-state index in [1.165, 1.54) is 35.0 Å². The van der Waals surface area contributed by atoms with Crippen molar-refractivity contribution in [2.75, 3.05) is 6.54 Å². The van der Waals surface area contributed by atoms with Crippen molar-refractivity contribution < 1.29 is 4.79 Å². The predicted molar refractivity (Wildman–Crippen MR) is 86.5 cm³/mol. The minimum Gasteiger partial charge on any atom is -0.358 e. The maximum atomic E-state index is 11.9. The molecule has 1 aromatic carbocycles. The number of hydrogen-bond acceptors (Lipinski definition) is 1. The Labute approximate surface area is 126 Å². The lowest BCUT2D eigenvalue weighted by atomic mass is 9.93. The fourth-order valence-corrected chi connectivity index (χ4v) is 3.32. The minimum absolute atomic E-state index is 0.158. The van der Waals surface area contributed by atoms with Crippen LogP contribution in [0.15, 0.2) is 24.3 Å². The SMILES string of the molecule is CCCCC(=O)NCC1(c2c(C)[nH]c3ccccc23)CC1. The van der Waals surface area contributed by atoms with E-state index in [9.17, 15) is 4.79 Å². The van der Waals surface area contributed by atoms with Gasteiger partial charge in [0.15, 0.2) is 0 Å². The summed E-state index contributed by atoms with van der Waals surface area (Å²) in [6.07, 6.45) is 5.04. The molecule has 3 rings (SSSR count). The quantitative estimate of drug-likeness (QED) is 0.832. The molecule has 0 atom stereocenters. The van der Waals surface area contributed by atoms with E-state index in [0.29, 0.717) is 6.42 Å². The van der Waals surface area contributed by atoms with Gasteiger partial charge in [-0.1, -0.05) is 31.5 Å². The summed E-state index contributed by atoms with van der Waals surface area (Å²) in [6, 6.07) is 8.47. The number of para-hydroxylation sites is 1. The van der Waals surface area contributed by atoms with Gasteiger partial charge in [0.1, 0.15) is 0 Å². The van der Waals surface area contributed by atoms with E-state index in [-0.39, 0.29) is 11.3 Å². The van der Waals surface area contributed by atoms with E-state index in [0.717, 1.165) is 19.4 Å².